The molecule has 0 bridgehead atoms. The minimum absolute atomic E-state index is 0.311. The van der Waals surface area contributed by atoms with Gasteiger partial charge in [-0.2, -0.15) is 0 Å². The van der Waals surface area contributed by atoms with Gasteiger partial charge in [-0.25, -0.2) is 9.78 Å². The summed E-state index contributed by atoms with van der Waals surface area (Å²) in [5, 5.41) is 0. The molecular weight excluding hydrogens is 252 g/mol. The first-order valence-electron chi connectivity index (χ1n) is 7.31. The standard InChI is InChI=1S/C16H20N2O2/c1-20-16(19)13-7-8-15-14(9-13)17-11-18(15)10-12-5-3-2-4-6-12/h7-9,11-12H,2-6,10H2,1H3. The van der Waals surface area contributed by atoms with Crippen LogP contribution in [0.4, 0.5) is 0 Å². The Morgan fingerprint density at radius 2 is 2.15 bits per heavy atom. The van der Waals surface area contributed by atoms with E-state index in [2.05, 4.69) is 9.55 Å². The summed E-state index contributed by atoms with van der Waals surface area (Å²) >= 11 is 0. The number of carbonyl (C=O) groups excluding carboxylic acids is 1. The normalized spacial score (nSPS) is 16.4. The highest BCUT2D eigenvalue weighted by molar-refractivity contribution is 5.93. The van der Waals surface area contributed by atoms with Gasteiger partial charge in [0.1, 0.15) is 0 Å². The van der Waals surface area contributed by atoms with Crippen LogP contribution in [0.3, 0.4) is 0 Å². The molecule has 106 valence electrons. The summed E-state index contributed by atoms with van der Waals surface area (Å²) < 4.78 is 6.95. The second kappa shape index (κ2) is 5.65. The summed E-state index contributed by atoms with van der Waals surface area (Å²) in [5.41, 5.74) is 2.52. The number of rotatable bonds is 3. The van der Waals surface area contributed by atoms with Crippen LogP contribution >= 0.6 is 0 Å². The number of carbonyl (C=O) groups is 1. The maximum atomic E-state index is 11.5. The molecule has 0 amide bonds. The van der Waals surface area contributed by atoms with Gasteiger partial charge in [0.25, 0.3) is 0 Å². The zero-order valence-electron chi connectivity index (χ0n) is 11.8. The van der Waals surface area contributed by atoms with Crippen molar-refractivity contribution in [3.63, 3.8) is 0 Å². The molecule has 2 aromatic rings. The number of benzene rings is 1. The largest absolute Gasteiger partial charge is 0.465 e. The molecule has 0 radical (unpaired) electrons. The third kappa shape index (κ3) is 2.55. The topological polar surface area (TPSA) is 44.1 Å². The van der Waals surface area contributed by atoms with Crippen molar-refractivity contribution in [2.45, 2.75) is 38.6 Å². The summed E-state index contributed by atoms with van der Waals surface area (Å²) in [6, 6.07) is 5.59. The van der Waals surface area contributed by atoms with E-state index in [-0.39, 0.29) is 5.97 Å². The highest BCUT2D eigenvalue weighted by Gasteiger charge is 2.15. The summed E-state index contributed by atoms with van der Waals surface area (Å²) in [6.07, 6.45) is 8.61. The van der Waals surface area contributed by atoms with Gasteiger partial charge in [0.05, 0.1) is 30.0 Å². The van der Waals surface area contributed by atoms with Crippen molar-refractivity contribution in [2.75, 3.05) is 7.11 Å². The predicted octanol–water partition coefficient (Wildman–Crippen LogP) is 3.40. The number of nitrogens with zero attached hydrogens (tertiary/aromatic N) is 2. The first kappa shape index (κ1) is 13.2. The van der Waals surface area contributed by atoms with Crippen LogP contribution in [0, 0.1) is 5.92 Å². The first-order valence-corrected chi connectivity index (χ1v) is 7.31. The Hall–Kier alpha value is -1.84. The van der Waals surface area contributed by atoms with E-state index in [1.807, 2.05) is 18.5 Å². The Bertz CT molecular complexity index is 612. The van der Waals surface area contributed by atoms with E-state index < -0.39 is 0 Å². The maximum Gasteiger partial charge on any atom is 0.337 e. The predicted molar refractivity (Wildman–Crippen MR) is 77.6 cm³/mol. The van der Waals surface area contributed by atoms with Crippen molar-refractivity contribution < 1.29 is 9.53 Å². The molecular formula is C16H20N2O2. The fourth-order valence-corrected chi connectivity index (χ4v) is 3.10. The number of esters is 1. The number of hydrogen-bond donors (Lipinski definition) is 0. The minimum atomic E-state index is -0.311. The van der Waals surface area contributed by atoms with Gasteiger partial charge in [-0.05, 0) is 37.0 Å². The number of hydrogen-bond acceptors (Lipinski definition) is 3. The van der Waals surface area contributed by atoms with Crippen molar-refractivity contribution in [1.29, 1.82) is 0 Å². The molecule has 1 aromatic carbocycles. The molecule has 0 spiro atoms. The van der Waals surface area contributed by atoms with Crippen molar-refractivity contribution in [2.24, 2.45) is 5.92 Å². The summed E-state index contributed by atoms with van der Waals surface area (Å²) in [4.78, 5) is 15.9. The number of aromatic nitrogens is 2. The molecule has 20 heavy (non-hydrogen) atoms. The Morgan fingerprint density at radius 3 is 2.90 bits per heavy atom. The zero-order chi connectivity index (χ0) is 13.9. The average molecular weight is 272 g/mol. The first-order chi connectivity index (χ1) is 9.78. The minimum Gasteiger partial charge on any atom is -0.465 e. The van der Waals surface area contributed by atoms with Crippen LogP contribution in [0.25, 0.3) is 11.0 Å². The third-order valence-corrected chi connectivity index (χ3v) is 4.22. The molecule has 1 fully saturated rings. The van der Waals surface area contributed by atoms with Gasteiger partial charge in [-0.1, -0.05) is 19.3 Å². The monoisotopic (exact) mass is 272 g/mol. The van der Waals surface area contributed by atoms with E-state index in [0.717, 1.165) is 23.5 Å². The Labute approximate surface area is 118 Å². The van der Waals surface area contributed by atoms with E-state index in [9.17, 15) is 4.79 Å². The highest BCUT2D eigenvalue weighted by atomic mass is 16.5. The molecule has 1 heterocycles. The Balaban J connectivity index is 1.84. The molecule has 0 saturated heterocycles. The van der Waals surface area contributed by atoms with Crippen LogP contribution < -0.4 is 0 Å². The fraction of sp³-hybridized carbons (Fsp3) is 0.500. The molecule has 3 rings (SSSR count). The molecule has 1 saturated carbocycles. The van der Waals surface area contributed by atoms with Gasteiger partial charge in [0.15, 0.2) is 0 Å². The van der Waals surface area contributed by atoms with Crippen LogP contribution in [0.15, 0.2) is 24.5 Å². The SMILES string of the molecule is COC(=O)c1ccc2c(c1)ncn2CC1CCCCC1. The molecule has 0 unspecified atom stereocenters. The smallest absolute Gasteiger partial charge is 0.337 e. The summed E-state index contributed by atoms with van der Waals surface area (Å²) in [7, 11) is 1.40. The van der Waals surface area contributed by atoms with Crippen LogP contribution in [-0.4, -0.2) is 22.6 Å². The van der Waals surface area contributed by atoms with Crippen LogP contribution in [0.5, 0.6) is 0 Å². The summed E-state index contributed by atoms with van der Waals surface area (Å²) in [6.45, 7) is 1.04. The molecule has 0 aliphatic heterocycles. The lowest BCUT2D eigenvalue weighted by Crippen LogP contribution is -2.13. The lowest BCUT2D eigenvalue weighted by atomic mass is 9.89. The van der Waals surface area contributed by atoms with Crippen LogP contribution in [-0.2, 0) is 11.3 Å². The van der Waals surface area contributed by atoms with E-state index in [4.69, 9.17) is 4.74 Å². The summed E-state index contributed by atoms with van der Waals surface area (Å²) in [5.74, 6) is 0.454. The fourth-order valence-electron chi connectivity index (χ4n) is 3.10. The van der Waals surface area contributed by atoms with Gasteiger partial charge in [-0.15, -0.1) is 0 Å². The second-order valence-electron chi connectivity index (χ2n) is 5.60. The van der Waals surface area contributed by atoms with E-state index in [1.54, 1.807) is 6.07 Å². The van der Waals surface area contributed by atoms with E-state index in [0.29, 0.717) is 5.56 Å². The van der Waals surface area contributed by atoms with Crippen LogP contribution in [0.1, 0.15) is 42.5 Å². The van der Waals surface area contributed by atoms with Gasteiger partial charge in [0, 0.05) is 6.54 Å². The lowest BCUT2D eigenvalue weighted by molar-refractivity contribution is 0.0601. The average Bonchev–Trinajstić information content (AvgIpc) is 2.90. The van der Waals surface area contributed by atoms with Gasteiger partial charge in [-0.3, -0.25) is 0 Å². The Kier molecular flexibility index (Phi) is 3.72. The quantitative estimate of drug-likeness (QED) is 0.804. The molecule has 1 aliphatic carbocycles. The number of methoxy groups -OCH3 is 1. The van der Waals surface area contributed by atoms with Crippen molar-refractivity contribution in [1.82, 2.24) is 9.55 Å². The van der Waals surface area contributed by atoms with Crippen LogP contribution in [0.2, 0.25) is 0 Å². The third-order valence-electron chi connectivity index (χ3n) is 4.22. The van der Waals surface area contributed by atoms with Crippen molar-refractivity contribution in [3.8, 4) is 0 Å². The highest BCUT2D eigenvalue weighted by Crippen LogP contribution is 2.26. The second-order valence-corrected chi connectivity index (χ2v) is 5.60. The van der Waals surface area contributed by atoms with Crippen molar-refractivity contribution >= 4 is 17.0 Å². The number of imidazole rings is 1. The lowest BCUT2D eigenvalue weighted by Gasteiger charge is -2.22. The molecule has 0 N–H and O–H groups in total. The molecule has 4 heteroatoms. The zero-order valence-corrected chi connectivity index (χ0v) is 11.8. The molecule has 0 atom stereocenters. The molecule has 1 aromatic heterocycles. The van der Waals surface area contributed by atoms with Gasteiger partial charge in [0.2, 0.25) is 0 Å². The Morgan fingerprint density at radius 1 is 1.35 bits per heavy atom. The molecule has 4 nitrogen and oxygen atoms in total. The van der Waals surface area contributed by atoms with E-state index in [1.165, 1.54) is 39.2 Å². The van der Waals surface area contributed by atoms with Gasteiger partial charge >= 0.3 is 5.97 Å². The number of ether oxygens (including phenoxy) is 1. The van der Waals surface area contributed by atoms with E-state index >= 15 is 0 Å². The maximum absolute atomic E-state index is 11.5. The molecule has 1 aliphatic rings. The van der Waals surface area contributed by atoms with Gasteiger partial charge < -0.3 is 9.30 Å². The number of fused-ring (bicyclic) bond motifs is 1. The van der Waals surface area contributed by atoms with Crippen molar-refractivity contribution in [3.05, 3.63) is 30.1 Å².